The van der Waals surface area contributed by atoms with E-state index in [0.717, 1.165) is 16.9 Å². The van der Waals surface area contributed by atoms with Crippen LogP contribution in [0.3, 0.4) is 0 Å². The van der Waals surface area contributed by atoms with Crippen molar-refractivity contribution in [2.24, 2.45) is 0 Å². The van der Waals surface area contributed by atoms with Crippen LogP contribution in [0.25, 0.3) is 0 Å². The fraction of sp³-hybridized carbons (Fsp3) is 0.250. The van der Waals surface area contributed by atoms with E-state index in [9.17, 15) is 5.11 Å². The van der Waals surface area contributed by atoms with Gasteiger partial charge >= 0.3 is 0 Å². The van der Waals surface area contributed by atoms with Gasteiger partial charge in [0.1, 0.15) is 6.10 Å². The van der Waals surface area contributed by atoms with Crippen molar-refractivity contribution in [3.63, 3.8) is 0 Å². The first kappa shape index (κ1) is 10.3. The quantitative estimate of drug-likeness (QED) is 0.861. The summed E-state index contributed by atoms with van der Waals surface area (Å²) < 4.78 is 0. The summed E-state index contributed by atoms with van der Waals surface area (Å²) in [7, 11) is 0. The largest absolute Gasteiger partial charge is 0.383 e. The van der Waals surface area contributed by atoms with Gasteiger partial charge in [0.2, 0.25) is 0 Å². The van der Waals surface area contributed by atoms with Crippen molar-refractivity contribution in [1.82, 2.24) is 4.98 Å². The van der Waals surface area contributed by atoms with Crippen LogP contribution in [0.15, 0.2) is 36.7 Å². The topological polar surface area (TPSA) is 33.1 Å². The van der Waals surface area contributed by atoms with E-state index in [4.69, 9.17) is 0 Å². The summed E-state index contributed by atoms with van der Waals surface area (Å²) in [5.74, 6) is 0. The predicted molar refractivity (Wildman–Crippen MR) is 62.0 cm³/mol. The molecular formula is C12H13NOS. The molecule has 0 aliphatic heterocycles. The Bertz CT molecular complexity index is 424. The third-order valence-electron chi connectivity index (χ3n) is 2.30. The first-order chi connectivity index (χ1) is 7.31. The third kappa shape index (κ3) is 2.25. The summed E-state index contributed by atoms with van der Waals surface area (Å²) in [6.07, 6.45) is 3.90. The molecule has 0 amide bonds. The van der Waals surface area contributed by atoms with E-state index in [2.05, 4.69) is 18.0 Å². The lowest BCUT2D eigenvalue weighted by molar-refractivity contribution is 0.223. The fourth-order valence-corrected chi connectivity index (χ4v) is 2.40. The molecule has 0 radical (unpaired) electrons. The minimum atomic E-state index is -0.538. The molecule has 0 aliphatic rings. The lowest BCUT2D eigenvalue weighted by atomic mass is 10.1. The van der Waals surface area contributed by atoms with E-state index >= 15 is 0 Å². The van der Waals surface area contributed by atoms with Crippen molar-refractivity contribution >= 4 is 11.3 Å². The average molecular weight is 219 g/mol. The van der Waals surface area contributed by atoms with Gasteiger partial charge in [0.15, 0.2) is 0 Å². The number of pyridine rings is 1. The van der Waals surface area contributed by atoms with Gasteiger partial charge in [0.05, 0.1) is 0 Å². The van der Waals surface area contributed by atoms with Crippen LogP contribution in [0.5, 0.6) is 0 Å². The number of hydrogen-bond donors (Lipinski definition) is 1. The second-order valence-corrected chi connectivity index (χ2v) is 4.55. The van der Waals surface area contributed by atoms with Crippen LogP contribution in [0.2, 0.25) is 0 Å². The van der Waals surface area contributed by atoms with E-state index in [1.165, 1.54) is 4.88 Å². The number of aliphatic hydroxyl groups excluding tert-OH is 1. The summed E-state index contributed by atoms with van der Waals surface area (Å²) >= 11 is 1.66. The second kappa shape index (κ2) is 4.55. The molecule has 1 unspecified atom stereocenters. The molecule has 2 aromatic heterocycles. The number of thiophene rings is 1. The molecule has 1 N–H and O–H groups in total. The predicted octanol–water partition coefficient (Wildman–Crippen LogP) is 2.79. The van der Waals surface area contributed by atoms with E-state index in [1.54, 1.807) is 23.7 Å². The van der Waals surface area contributed by atoms with Crippen LogP contribution < -0.4 is 0 Å². The van der Waals surface area contributed by atoms with E-state index in [0.29, 0.717) is 0 Å². The Morgan fingerprint density at radius 3 is 2.87 bits per heavy atom. The van der Waals surface area contributed by atoms with Gasteiger partial charge in [0, 0.05) is 27.7 Å². The van der Waals surface area contributed by atoms with Crippen LogP contribution in [0.4, 0.5) is 0 Å². The summed E-state index contributed by atoms with van der Waals surface area (Å²) in [4.78, 5) is 6.29. The highest BCUT2D eigenvalue weighted by Crippen LogP contribution is 2.28. The van der Waals surface area contributed by atoms with E-state index in [1.807, 2.05) is 18.2 Å². The van der Waals surface area contributed by atoms with Gasteiger partial charge in [0.25, 0.3) is 0 Å². The summed E-state index contributed by atoms with van der Waals surface area (Å²) in [6.45, 7) is 2.12. The number of rotatable bonds is 3. The summed E-state index contributed by atoms with van der Waals surface area (Å²) in [6, 6.07) is 7.79. The van der Waals surface area contributed by atoms with Gasteiger partial charge in [-0.2, -0.15) is 0 Å². The number of aryl methyl sites for hydroxylation is 1. The highest BCUT2D eigenvalue weighted by atomic mass is 32.1. The lowest BCUT2D eigenvalue weighted by Crippen LogP contribution is -1.96. The fourth-order valence-electron chi connectivity index (χ4n) is 1.43. The molecule has 2 aromatic rings. The minimum Gasteiger partial charge on any atom is -0.383 e. The molecule has 78 valence electrons. The van der Waals surface area contributed by atoms with E-state index < -0.39 is 6.10 Å². The zero-order valence-corrected chi connectivity index (χ0v) is 9.37. The molecule has 2 heterocycles. The number of nitrogens with zero attached hydrogens (tertiary/aromatic N) is 1. The Hall–Kier alpha value is -1.19. The first-order valence-electron chi connectivity index (χ1n) is 4.98. The monoisotopic (exact) mass is 219 g/mol. The van der Waals surface area contributed by atoms with Crippen LogP contribution in [0.1, 0.15) is 28.3 Å². The van der Waals surface area contributed by atoms with Crippen molar-refractivity contribution in [2.45, 2.75) is 19.4 Å². The van der Waals surface area contributed by atoms with Gasteiger partial charge in [-0.1, -0.05) is 13.0 Å². The van der Waals surface area contributed by atoms with Crippen LogP contribution in [0, 0.1) is 0 Å². The summed E-state index contributed by atoms with van der Waals surface area (Å²) in [5, 5.41) is 10.1. The number of aliphatic hydroxyl groups is 1. The molecule has 0 aromatic carbocycles. The van der Waals surface area contributed by atoms with Gasteiger partial charge in [-0.3, -0.25) is 4.98 Å². The molecule has 0 fully saturated rings. The first-order valence-corrected chi connectivity index (χ1v) is 5.79. The van der Waals surface area contributed by atoms with E-state index in [-0.39, 0.29) is 0 Å². The zero-order valence-electron chi connectivity index (χ0n) is 8.55. The van der Waals surface area contributed by atoms with Crippen molar-refractivity contribution in [3.8, 4) is 0 Å². The maximum absolute atomic E-state index is 10.1. The maximum Gasteiger partial charge on any atom is 0.115 e. The van der Waals surface area contributed by atoms with Crippen molar-refractivity contribution < 1.29 is 5.11 Å². The molecule has 3 heteroatoms. The minimum absolute atomic E-state index is 0.538. The van der Waals surface area contributed by atoms with Gasteiger partial charge < -0.3 is 5.11 Å². The van der Waals surface area contributed by atoms with Crippen molar-refractivity contribution in [2.75, 3.05) is 0 Å². The van der Waals surface area contributed by atoms with Gasteiger partial charge in [-0.05, 0) is 24.6 Å². The highest BCUT2D eigenvalue weighted by molar-refractivity contribution is 7.12. The molecule has 0 aliphatic carbocycles. The molecule has 0 saturated heterocycles. The third-order valence-corrected chi connectivity index (χ3v) is 3.58. The smallest absolute Gasteiger partial charge is 0.115 e. The highest BCUT2D eigenvalue weighted by Gasteiger charge is 2.12. The molecule has 0 spiro atoms. The Morgan fingerprint density at radius 1 is 1.40 bits per heavy atom. The Balaban J connectivity index is 2.24. The Kier molecular flexibility index (Phi) is 3.14. The number of aromatic nitrogens is 1. The van der Waals surface area contributed by atoms with Crippen molar-refractivity contribution in [1.29, 1.82) is 0 Å². The van der Waals surface area contributed by atoms with Crippen LogP contribution in [-0.4, -0.2) is 10.1 Å². The lowest BCUT2D eigenvalue weighted by Gasteiger charge is -2.07. The molecule has 0 saturated carbocycles. The van der Waals surface area contributed by atoms with Crippen molar-refractivity contribution in [3.05, 3.63) is 52.0 Å². The molecule has 15 heavy (non-hydrogen) atoms. The van der Waals surface area contributed by atoms with Gasteiger partial charge in [-0.25, -0.2) is 0 Å². The standard InChI is InChI=1S/C12H13NOS/c1-2-10-5-6-11(15-10)12(14)9-4-3-7-13-8-9/h3-8,12,14H,2H2,1H3. The molecule has 0 bridgehead atoms. The normalized spacial score (nSPS) is 12.7. The van der Waals surface area contributed by atoms with Crippen LogP contribution >= 0.6 is 11.3 Å². The number of hydrogen-bond acceptors (Lipinski definition) is 3. The molecule has 2 nitrogen and oxygen atoms in total. The maximum atomic E-state index is 10.1. The summed E-state index contributed by atoms with van der Waals surface area (Å²) in [5.41, 5.74) is 0.849. The second-order valence-electron chi connectivity index (χ2n) is 3.35. The zero-order chi connectivity index (χ0) is 10.7. The molecular weight excluding hydrogens is 206 g/mol. The Labute approximate surface area is 93.2 Å². The Morgan fingerprint density at radius 2 is 2.27 bits per heavy atom. The SMILES string of the molecule is CCc1ccc(C(O)c2cccnc2)s1. The van der Waals surface area contributed by atoms with Crippen LogP contribution in [-0.2, 0) is 6.42 Å². The molecule has 1 atom stereocenters. The molecule has 2 rings (SSSR count). The van der Waals surface area contributed by atoms with Gasteiger partial charge in [-0.15, -0.1) is 11.3 Å². The average Bonchev–Trinajstić information content (AvgIpc) is 2.78.